The fraction of sp³-hybridized carbons (Fsp3) is 0.333. The van der Waals surface area contributed by atoms with Crippen molar-refractivity contribution in [2.24, 2.45) is 0 Å². The normalized spacial score (nSPS) is 9.79. The average Bonchev–Trinajstić information content (AvgIpc) is 2.35. The third kappa shape index (κ3) is 4.06. The molecule has 0 saturated carbocycles. The summed E-state index contributed by atoms with van der Waals surface area (Å²) in [4.78, 5) is 33.0. The first-order valence-corrected chi connectivity index (χ1v) is 5.75. The molecule has 0 aromatic heterocycles. The van der Waals surface area contributed by atoms with Gasteiger partial charge in [-0.05, 0) is 26.0 Å². The summed E-state index contributed by atoms with van der Waals surface area (Å²) in [5.74, 6) is -0.723. The maximum Gasteiger partial charge on any atom is 0.272 e. The minimum absolute atomic E-state index is 0.0414. The van der Waals surface area contributed by atoms with Gasteiger partial charge in [-0.25, -0.2) is 0 Å². The number of hydrogen-bond donors (Lipinski definition) is 2. The van der Waals surface area contributed by atoms with E-state index in [1.165, 1.54) is 18.2 Å². The smallest absolute Gasteiger partial charge is 0.272 e. The lowest BCUT2D eigenvalue weighted by Gasteiger charge is -2.06. The highest BCUT2D eigenvalue weighted by molar-refractivity contribution is 5.96. The number of carbonyl (C=O) groups excluding carboxylic acids is 2. The molecule has 19 heavy (non-hydrogen) atoms. The highest BCUT2D eigenvalue weighted by Crippen LogP contribution is 2.18. The van der Waals surface area contributed by atoms with Crippen molar-refractivity contribution in [3.05, 3.63) is 39.4 Å². The summed E-state index contributed by atoms with van der Waals surface area (Å²) in [6.07, 6.45) is 0. The molecule has 0 aliphatic carbocycles. The molecule has 2 amide bonds. The van der Waals surface area contributed by atoms with Crippen molar-refractivity contribution >= 4 is 17.5 Å². The van der Waals surface area contributed by atoms with Gasteiger partial charge in [-0.15, -0.1) is 0 Å². The maximum absolute atomic E-state index is 11.7. The van der Waals surface area contributed by atoms with Crippen LogP contribution in [0.3, 0.4) is 0 Å². The second-order valence-corrected chi connectivity index (χ2v) is 3.89. The Balaban J connectivity index is 2.70. The average molecular weight is 265 g/mol. The summed E-state index contributed by atoms with van der Waals surface area (Å²) in [5, 5.41) is 15.6. The zero-order valence-corrected chi connectivity index (χ0v) is 10.7. The Morgan fingerprint density at radius 2 is 2.00 bits per heavy atom. The summed E-state index contributed by atoms with van der Waals surface area (Å²) in [6.45, 7) is 3.70. The molecule has 0 heterocycles. The van der Waals surface area contributed by atoms with Crippen molar-refractivity contribution in [3.63, 3.8) is 0 Å². The summed E-state index contributed by atoms with van der Waals surface area (Å²) >= 11 is 0. The van der Waals surface area contributed by atoms with Gasteiger partial charge in [0.2, 0.25) is 5.91 Å². The molecule has 0 bridgehead atoms. The lowest BCUT2D eigenvalue weighted by Crippen LogP contribution is -2.36. The number of carbonyl (C=O) groups is 2. The van der Waals surface area contributed by atoms with Crippen LogP contribution in [0.2, 0.25) is 0 Å². The van der Waals surface area contributed by atoms with E-state index in [2.05, 4.69) is 10.6 Å². The van der Waals surface area contributed by atoms with Crippen LogP contribution >= 0.6 is 0 Å². The highest BCUT2D eigenvalue weighted by atomic mass is 16.6. The Morgan fingerprint density at radius 3 is 2.53 bits per heavy atom. The van der Waals surface area contributed by atoms with Gasteiger partial charge in [0.05, 0.1) is 11.5 Å². The number of nitro benzene ring substituents is 1. The van der Waals surface area contributed by atoms with E-state index in [0.29, 0.717) is 12.1 Å². The molecule has 7 nitrogen and oxygen atoms in total. The summed E-state index contributed by atoms with van der Waals surface area (Å²) in [6, 6.07) is 4.06. The standard InChI is InChI=1S/C12H15N3O4/c1-3-13-11(16)7-14-12(17)9-4-5-10(15(18)19)8(2)6-9/h4-6H,3,7H2,1-2H3,(H,13,16)(H,14,17). The molecule has 0 unspecified atom stereocenters. The zero-order chi connectivity index (χ0) is 14.4. The molecule has 102 valence electrons. The van der Waals surface area contributed by atoms with Crippen LogP contribution in [-0.2, 0) is 4.79 Å². The van der Waals surface area contributed by atoms with E-state index in [4.69, 9.17) is 0 Å². The van der Waals surface area contributed by atoms with Crippen molar-refractivity contribution in [1.82, 2.24) is 10.6 Å². The van der Waals surface area contributed by atoms with Crippen LogP contribution < -0.4 is 10.6 Å². The van der Waals surface area contributed by atoms with Crippen molar-refractivity contribution < 1.29 is 14.5 Å². The topological polar surface area (TPSA) is 101 Å². The quantitative estimate of drug-likeness (QED) is 0.606. The third-order valence-corrected chi connectivity index (χ3v) is 2.44. The van der Waals surface area contributed by atoms with E-state index < -0.39 is 10.8 Å². The molecular formula is C12H15N3O4. The van der Waals surface area contributed by atoms with E-state index in [9.17, 15) is 19.7 Å². The molecule has 1 aromatic rings. The molecule has 7 heteroatoms. The summed E-state index contributed by atoms with van der Waals surface area (Å²) in [5.41, 5.74) is 0.642. The van der Waals surface area contributed by atoms with Gasteiger partial charge >= 0.3 is 0 Å². The van der Waals surface area contributed by atoms with Gasteiger partial charge in [-0.3, -0.25) is 19.7 Å². The Bertz CT molecular complexity index is 514. The molecule has 0 saturated heterocycles. The number of nitrogens with zero attached hydrogens (tertiary/aromatic N) is 1. The molecule has 2 N–H and O–H groups in total. The first-order chi connectivity index (χ1) is 8.95. The molecule has 1 rings (SSSR count). The largest absolute Gasteiger partial charge is 0.355 e. The number of aryl methyl sites for hydroxylation is 1. The van der Waals surface area contributed by atoms with Gasteiger partial charge in [-0.1, -0.05) is 0 Å². The van der Waals surface area contributed by atoms with Crippen LogP contribution in [0, 0.1) is 17.0 Å². The fourth-order valence-electron chi connectivity index (χ4n) is 1.52. The number of amides is 2. The van der Waals surface area contributed by atoms with E-state index in [1.54, 1.807) is 13.8 Å². The molecule has 0 fully saturated rings. The summed E-state index contributed by atoms with van der Waals surface area (Å²) in [7, 11) is 0. The fourth-order valence-corrected chi connectivity index (χ4v) is 1.52. The summed E-state index contributed by atoms with van der Waals surface area (Å²) < 4.78 is 0. The Labute approximate surface area is 110 Å². The van der Waals surface area contributed by atoms with Crippen LogP contribution in [0.1, 0.15) is 22.8 Å². The molecule has 0 aliphatic heterocycles. The van der Waals surface area contributed by atoms with Crippen molar-refractivity contribution in [1.29, 1.82) is 0 Å². The van der Waals surface area contributed by atoms with Gasteiger partial charge < -0.3 is 10.6 Å². The van der Waals surface area contributed by atoms with Gasteiger partial charge in [0, 0.05) is 23.7 Å². The minimum Gasteiger partial charge on any atom is -0.355 e. The number of benzene rings is 1. The molecule has 0 radical (unpaired) electrons. The molecule has 0 aliphatic rings. The Hall–Kier alpha value is -2.44. The Morgan fingerprint density at radius 1 is 1.32 bits per heavy atom. The first-order valence-electron chi connectivity index (χ1n) is 5.75. The second-order valence-electron chi connectivity index (χ2n) is 3.89. The number of nitro groups is 1. The second kappa shape index (κ2) is 6.48. The van der Waals surface area contributed by atoms with Gasteiger partial charge in [0.1, 0.15) is 0 Å². The number of hydrogen-bond acceptors (Lipinski definition) is 4. The number of rotatable bonds is 5. The lowest BCUT2D eigenvalue weighted by molar-refractivity contribution is -0.385. The van der Waals surface area contributed by atoms with Gasteiger partial charge in [0.15, 0.2) is 0 Å². The van der Waals surface area contributed by atoms with Crippen LogP contribution in [0.4, 0.5) is 5.69 Å². The van der Waals surface area contributed by atoms with Gasteiger partial charge in [0.25, 0.3) is 11.6 Å². The predicted octanol–water partition coefficient (Wildman–Crippen LogP) is 0.769. The first kappa shape index (κ1) is 14.6. The molecule has 1 aromatic carbocycles. The zero-order valence-electron chi connectivity index (χ0n) is 10.7. The van der Waals surface area contributed by atoms with Crippen LogP contribution in [-0.4, -0.2) is 29.8 Å². The molecule has 0 spiro atoms. The SMILES string of the molecule is CCNC(=O)CNC(=O)c1ccc([N+](=O)[O-])c(C)c1. The van der Waals surface area contributed by atoms with Crippen LogP contribution in [0.15, 0.2) is 18.2 Å². The van der Waals surface area contributed by atoms with Crippen LogP contribution in [0.25, 0.3) is 0 Å². The number of likely N-dealkylation sites (N-methyl/N-ethyl adjacent to an activating group) is 1. The van der Waals surface area contributed by atoms with E-state index >= 15 is 0 Å². The van der Waals surface area contributed by atoms with E-state index in [-0.39, 0.29) is 23.7 Å². The third-order valence-electron chi connectivity index (χ3n) is 2.44. The van der Waals surface area contributed by atoms with Crippen molar-refractivity contribution in [2.45, 2.75) is 13.8 Å². The van der Waals surface area contributed by atoms with Crippen molar-refractivity contribution in [2.75, 3.05) is 13.1 Å². The van der Waals surface area contributed by atoms with Gasteiger partial charge in [-0.2, -0.15) is 0 Å². The molecule has 0 atom stereocenters. The predicted molar refractivity (Wildman–Crippen MR) is 68.9 cm³/mol. The Kier molecular flexibility index (Phi) is 4.99. The monoisotopic (exact) mass is 265 g/mol. The van der Waals surface area contributed by atoms with E-state index in [0.717, 1.165) is 0 Å². The van der Waals surface area contributed by atoms with Crippen LogP contribution in [0.5, 0.6) is 0 Å². The van der Waals surface area contributed by atoms with E-state index in [1.807, 2.05) is 0 Å². The number of nitrogens with one attached hydrogen (secondary N) is 2. The van der Waals surface area contributed by atoms with Crippen molar-refractivity contribution in [3.8, 4) is 0 Å². The minimum atomic E-state index is -0.508. The maximum atomic E-state index is 11.7. The highest BCUT2D eigenvalue weighted by Gasteiger charge is 2.14. The molecular weight excluding hydrogens is 250 g/mol. The lowest BCUT2D eigenvalue weighted by atomic mass is 10.1.